The highest BCUT2D eigenvalue weighted by Gasteiger charge is 2.38. The van der Waals surface area contributed by atoms with Gasteiger partial charge in [0.05, 0.1) is 13.2 Å². The van der Waals surface area contributed by atoms with Crippen molar-refractivity contribution in [3.8, 4) is 0 Å². The topological polar surface area (TPSA) is 70.1 Å². The maximum Gasteiger partial charge on any atom is 0.407 e. The lowest BCUT2D eigenvalue weighted by atomic mass is 9.76. The zero-order valence-electron chi connectivity index (χ0n) is 25.8. The number of carbonyl (C=O) groups excluding carboxylic acids is 1. The van der Waals surface area contributed by atoms with Crippen LogP contribution in [-0.4, -0.2) is 65.8 Å². The third-order valence-corrected chi connectivity index (χ3v) is 8.25. The van der Waals surface area contributed by atoms with Crippen molar-refractivity contribution >= 4 is 12.1 Å². The van der Waals surface area contributed by atoms with Crippen molar-refractivity contribution in [2.45, 2.75) is 150 Å². The van der Waals surface area contributed by atoms with Gasteiger partial charge in [0.2, 0.25) is 0 Å². The summed E-state index contributed by atoms with van der Waals surface area (Å²) >= 11 is 0. The van der Waals surface area contributed by atoms with E-state index < -0.39 is 6.09 Å². The molecule has 1 saturated heterocycles. The Hall–Kier alpha value is -1.30. The van der Waals surface area contributed by atoms with Gasteiger partial charge in [0, 0.05) is 12.6 Å². The van der Waals surface area contributed by atoms with E-state index in [9.17, 15) is 14.7 Å². The van der Waals surface area contributed by atoms with Crippen LogP contribution in [0.2, 0.25) is 0 Å². The number of ether oxygens (including phenoxy) is 1. The lowest BCUT2D eigenvalue weighted by Gasteiger charge is -2.44. The Morgan fingerprint density at radius 3 is 1.82 bits per heavy atom. The van der Waals surface area contributed by atoms with Crippen molar-refractivity contribution in [1.82, 2.24) is 9.80 Å². The number of rotatable bonds is 21. The average molecular weight is 539 g/mol. The van der Waals surface area contributed by atoms with E-state index >= 15 is 0 Å². The number of nitrogens with zero attached hydrogens (tertiary/aromatic N) is 2. The molecule has 38 heavy (non-hydrogen) atoms. The minimum atomic E-state index is -0.822. The Morgan fingerprint density at radius 1 is 0.842 bits per heavy atom. The Morgan fingerprint density at radius 2 is 1.34 bits per heavy atom. The van der Waals surface area contributed by atoms with Crippen LogP contribution < -0.4 is 0 Å². The highest BCUT2D eigenvalue weighted by molar-refractivity contribution is 5.71. The lowest BCUT2D eigenvalue weighted by Crippen LogP contribution is -2.51. The van der Waals surface area contributed by atoms with E-state index in [1.807, 2.05) is 0 Å². The van der Waals surface area contributed by atoms with Crippen LogP contribution >= 0.6 is 0 Å². The van der Waals surface area contributed by atoms with Gasteiger partial charge in [-0.05, 0) is 56.5 Å². The number of hydrogen-bond acceptors (Lipinski definition) is 4. The summed E-state index contributed by atoms with van der Waals surface area (Å²) in [5, 5.41) is 9.59. The van der Waals surface area contributed by atoms with E-state index in [0.717, 1.165) is 45.2 Å². The number of piperidine rings is 1. The molecular formula is C32H62N2O4. The number of likely N-dealkylation sites (tertiary alicyclic amines) is 1. The molecule has 0 radical (unpaired) electrons. The van der Waals surface area contributed by atoms with Gasteiger partial charge in [0.25, 0.3) is 0 Å². The van der Waals surface area contributed by atoms with Gasteiger partial charge in [-0.1, -0.05) is 112 Å². The molecule has 0 aromatic heterocycles. The summed E-state index contributed by atoms with van der Waals surface area (Å²) in [6.07, 6.45) is 19.7. The number of esters is 1. The molecule has 0 aromatic carbocycles. The first kappa shape index (κ1) is 34.7. The maximum atomic E-state index is 12.7. The molecule has 6 heteroatoms. The second-order valence-corrected chi connectivity index (χ2v) is 12.8. The molecule has 1 aliphatic rings. The third-order valence-electron chi connectivity index (χ3n) is 8.25. The van der Waals surface area contributed by atoms with E-state index in [1.165, 1.54) is 77.0 Å². The Kier molecular flexibility index (Phi) is 18.8. The molecule has 0 saturated carbocycles. The molecule has 1 heterocycles. The van der Waals surface area contributed by atoms with Gasteiger partial charge in [-0.3, -0.25) is 9.69 Å². The molecule has 1 N–H and O–H groups in total. The summed E-state index contributed by atoms with van der Waals surface area (Å²) in [4.78, 5) is 28.3. The standard InChI is InChI=1S/C32H62N2O4/c1-6-8-10-12-14-16-18-22-33(23-19-17-15-13-11-9-7-2)27-30(35)38-25-21-28-20-24-34(31(36)37)29(26-28)32(3,4)5/h28-29H,6-27H2,1-5H3,(H,36,37). The summed E-state index contributed by atoms with van der Waals surface area (Å²) in [5.74, 6) is 0.297. The van der Waals surface area contributed by atoms with Crippen molar-refractivity contribution in [2.75, 3.05) is 32.8 Å². The lowest BCUT2D eigenvalue weighted by molar-refractivity contribution is -0.145. The highest BCUT2D eigenvalue weighted by atomic mass is 16.5. The van der Waals surface area contributed by atoms with E-state index in [1.54, 1.807) is 4.90 Å². The molecule has 0 aromatic rings. The smallest absolute Gasteiger partial charge is 0.407 e. The molecule has 1 rings (SSSR count). The normalized spacial score (nSPS) is 18.2. The summed E-state index contributed by atoms with van der Waals surface area (Å²) in [7, 11) is 0. The second-order valence-electron chi connectivity index (χ2n) is 12.8. The first-order chi connectivity index (χ1) is 18.2. The SMILES string of the molecule is CCCCCCCCCN(CCCCCCCCC)CC(=O)OCCC1CCN(C(=O)O)C(C(C)(C)C)C1. The molecule has 1 aliphatic heterocycles. The average Bonchev–Trinajstić information content (AvgIpc) is 2.86. The molecular weight excluding hydrogens is 476 g/mol. The van der Waals surface area contributed by atoms with E-state index in [-0.39, 0.29) is 17.4 Å². The van der Waals surface area contributed by atoms with Gasteiger partial charge in [0.15, 0.2) is 0 Å². The molecule has 0 bridgehead atoms. The number of amides is 1. The van der Waals surface area contributed by atoms with Crippen LogP contribution in [0.25, 0.3) is 0 Å². The number of carboxylic acid groups (broad SMARTS) is 1. The van der Waals surface area contributed by atoms with Crippen molar-refractivity contribution in [3.05, 3.63) is 0 Å². The van der Waals surface area contributed by atoms with Gasteiger partial charge in [-0.2, -0.15) is 0 Å². The summed E-state index contributed by atoms with van der Waals surface area (Å²) in [6, 6.07) is 0.00823. The van der Waals surface area contributed by atoms with Crippen LogP contribution in [0.1, 0.15) is 144 Å². The molecule has 0 spiro atoms. The zero-order valence-corrected chi connectivity index (χ0v) is 25.8. The fourth-order valence-electron chi connectivity index (χ4n) is 5.77. The fourth-order valence-corrected chi connectivity index (χ4v) is 5.77. The van der Waals surface area contributed by atoms with Gasteiger partial charge in [-0.25, -0.2) is 4.79 Å². The monoisotopic (exact) mass is 538 g/mol. The summed E-state index contributed by atoms with van der Waals surface area (Å²) < 4.78 is 5.70. The number of carbonyl (C=O) groups is 2. The van der Waals surface area contributed by atoms with Crippen molar-refractivity contribution in [3.63, 3.8) is 0 Å². The fraction of sp³-hybridized carbons (Fsp3) is 0.938. The Balaban J connectivity index is 2.41. The minimum Gasteiger partial charge on any atom is -0.465 e. The summed E-state index contributed by atoms with van der Waals surface area (Å²) in [5.41, 5.74) is -0.0970. The van der Waals surface area contributed by atoms with Crippen molar-refractivity contribution < 1.29 is 19.4 Å². The Labute approximate surface area is 235 Å². The van der Waals surface area contributed by atoms with Crippen LogP contribution in [0.3, 0.4) is 0 Å². The molecule has 6 nitrogen and oxygen atoms in total. The highest BCUT2D eigenvalue weighted by Crippen LogP contribution is 2.35. The van der Waals surface area contributed by atoms with Gasteiger partial charge in [-0.15, -0.1) is 0 Å². The largest absolute Gasteiger partial charge is 0.465 e. The van der Waals surface area contributed by atoms with Crippen LogP contribution in [-0.2, 0) is 9.53 Å². The second kappa shape index (κ2) is 20.6. The molecule has 0 aliphatic carbocycles. The predicted molar refractivity (Wildman–Crippen MR) is 159 cm³/mol. The van der Waals surface area contributed by atoms with Gasteiger partial charge < -0.3 is 14.7 Å². The quantitative estimate of drug-likeness (QED) is 0.117. The maximum absolute atomic E-state index is 12.7. The predicted octanol–water partition coefficient (Wildman–Crippen LogP) is 8.53. The number of hydrogen-bond donors (Lipinski definition) is 1. The van der Waals surface area contributed by atoms with Crippen LogP contribution in [0.15, 0.2) is 0 Å². The first-order valence-electron chi connectivity index (χ1n) is 16.1. The molecule has 2 atom stereocenters. The molecule has 224 valence electrons. The molecule has 1 amide bonds. The Bertz CT molecular complexity index is 601. The van der Waals surface area contributed by atoms with Crippen LogP contribution in [0, 0.1) is 11.3 Å². The minimum absolute atomic E-state index is 0.00823. The van der Waals surface area contributed by atoms with Gasteiger partial charge >= 0.3 is 12.1 Å². The van der Waals surface area contributed by atoms with E-state index in [0.29, 0.717) is 25.6 Å². The molecule has 1 fully saturated rings. The van der Waals surface area contributed by atoms with Crippen molar-refractivity contribution in [1.29, 1.82) is 0 Å². The summed E-state index contributed by atoms with van der Waals surface area (Å²) in [6.45, 7) is 14.2. The third kappa shape index (κ3) is 16.0. The van der Waals surface area contributed by atoms with E-state index in [4.69, 9.17) is 4.74 Å². The van der Waals surface area contributed by atoms with Crippen molar-refractivity contribution in [2.24, 2.45) is 11.3 Å². The van der Waals surface area contributed by atoms with Crippen LogP contribution in [0.5, 0.6) is 0 Å². The number of unbranched alkanes of at least 4 members (excludes halogenated alkanes) is 12. The molecule has 2 unspecified atom stereocenters. The zero-order chi connectivity index (χ0) is 28.2. The van der Waals surface area contributed by atoms with Crippen LogP contribution in [0.4, 0.5) is 4.79 Å². The first-order valence-corrected chi connectivity index (χ1v) is 16.1. The van der Waals surface area contributed by atoms with E-state index in [2.05, 4.69) is 39.5 Å². The van der Waals surface area contributed by atoms with Gasteiger partial charge in [0.1, 0.15) is 0 Å².